The van der Waals surface area contributed by atoms with Crippen LogP contribution in [0, 0.1) is 13.8 Å². The number of anilines is 1. The van der Waals surface area contributed by atoms with E-state index in [1.807, 2.05) is 68.9 Å². The lowest BCUT2D eigenvalue weighted by molar-refractivity contribution is -0.131. The minimum absolute atomic E-state index is 0.0862. The van der Waals surface area contributed by atoms with Crippen LogP contribution in [0.1, 0.15) is 48.3 Å². The monoisotopic (exact) mass is 449 g/mol. The summed E-state index contributed by atoms with van der Waals surface area (Å²) in [7, 11) is 3.82. The molecule has 0 bridgehead atoms. The van der Waals surface area contributed by atoms with Gasteiger partial charge in [-0.25, -0.2) is 9.97 Å². The molecule has 1 atom stereocenters. The van der Waals surface area contributed by atoms with Gasteiger partial charge >= 0.3 is 0 Å². The van der Waals surface area contributed by atoms with Crippen LogP contribution in [-0.2, 0) is 11.2 Å². The Morgan fingerprint density at radius 2 is 2.00 bits per heavy atom. The smallest absolute Gasteiger partial charge is 0.227 e. The van der Waals surface area contributed by atoms with Crippen molar-refractivity contribution < 1.29 is 14.1 Å². The summed E-state index contributed by atoms with van der Waals surface area (Å²) in [5.41, 5.74) is 4.37. The average molecular weight is 450 g/mol. The van der Waals surface area contributed by atoms with Gasteiger partial charge in [0.1, 0.15) is 5.75 Å². The van der Waals surface area contributed by atoms with E-state index in [0.29, 0.717) is 31.3 Å². The van der Waals surface area contributed by atoms with Crippen LogP contribution in [0.25, 0.3) is 11.3 Å². The second-order valence-corrected chi connectivity index (χ2v) is 8.58. The van der Waals surface area contributed by atoms with Crippen molar-refractivity contribution in [2.24, 2.45) is 0 Å². The summed E-state index contributed by atoms with van der Waals surface area (Å²) in [6.45, 7) is 7.17. The van der Waals surface area contributed by atoms with E-state index in [9.17, 15) is 4.79 Å². The molecule has 3 aromatic rings. The molecule has 1 fully saturated rings. The van der Waals surface area contributed by atoms with Crippen molar-refractivity contribution >= 4 is 11.9 Å². The number of aromatic nitrogens is 3. The fraction of sp³-hybridized carbons (Fsp3) is 0.440. The van der Waals surface area contributed by atoms with Crippen molar-refractivity contribution in [3.63, 3.8) is 0 Å². The SMILES string of the molecule is CCOc1ccc(CC(=O)N2CCC[C@H]2c2nc(N(C)C)ncc2-c2onc(C)c2C)cc1. The van der Waals surface area contributed by atoms with Gasteiger partial charge < -0.3 is 19.1 Å². The fourth-order valence-corrected chi connectivity index (χ4v) is 4.19. The summed E-state index contributed by atoms with van der Waals surface area (Å²) in [6, 6.07) is 7.59. The van der Waals surface area contributed by atoms with Crippen LogP contribution in [0.15, 0.2) is 35.0 Å². The zero-order valence-electron chi connectivity index (χ0n) is 20.0. The van der Waals surface area contributed by atoms with E-state index >= 15 is 0 Å². The maximum Gasteiger partial charge on any atom is 0.227 e. The van der Waals surface area contributed by atoms with Crippen LogP contribution >= 0.6 is 0 Å². The normalized spacial score (nSPS) is 15.7. The summed E-state index contributed by atoms with van der Waals surface area (Å²) in [6.07, 6.45) is 3.90. The molecule has 0 unspecified atom stereocenters. The minimum Gasteiger partial charge on any atom is -0.494 e. The Morgan fingerprint density at radius 3 is 2.64 bits per heavy atom. The number of aryl methyl sites for hydroxylation is 1. The van der Waals surface area contributed by atoms with Crippen LogP contribution in [-0.4, -0.2) is 53.2 Å². The number of rotatable bonds is 7. The highest BCUT2D eigenvalue weighted by Gasteiger charge is 2.34. The van der Waals surface area contributed by atoms with E-state index in [2.05, 4.69) is 10.1 Å². The lowest BCUT2D eigenvalue weighted by Gasteiger charge is -2.26. The van der Waals surface area contributed by atoms with Crippen molar-refractivity contribution in [2.75, 3.05) is 32.1 Å². The molecule has 3 heterocycles. The highest BCUT2D eigenvalue weighted by Crippen LogP contribution is 2.38. The molecule has 174 valence electrons. The predicted molar refractivity (Wildman–Crippen MR) is 126 cm³/mol. The largest absolute Gasteiger partial charge is 0.494 e. The Balaban J connectivity index is 1.64. The highest BCUT2D eigenvalue weighted by molar-refractivity contribution is 5.80. The first-order valence-corrected chi connectivity index (χ1v) is 11.4. The van der Waals surface area contributed by atoms with E-state index in [1.54, 1.807) is 6.20 Å². The average Bonchev–Trinajstić information content (AvgIpc) is 3.42. The third kappa shape index (κ3) is 4.69. The van der Waals surface area contributed by atoms with Crippen molar-refractivity contribution in [1.29, 1.82) is 0 Å². The van der Waals surface area contributed by atoms with Crippen molar-refractivity contribution in [3.05, 3.63) is 53.0 Å². The Labute approximate surface area is 194 Å². The van der Waals surface area contributed by atoms with E-state index in [1.165, 1.54) is 0 Å². The van der Waals surface area contributed by atoms with Crippen LogP contribution in [0.4, 0.5) is 5.95 Å². The van der Waals surface area contributed by atoms with Gasteiger partial charge in [-0.3, -0.25) is 4.79 Å². The third-order valence-electron chi connectivity index (χ3n) is 6.09. The van der Waals surface area contributed by atoms with E-state index in [4.69, 9.17) is 14.2 Å². The molecule has 1 saturated heterocycles. The molecule has 0 saturated carbocycles. The molecule has 0 spiro atoms. The van der Waals surface area contributed by atoms with E-state index in [0.717, 1.165) is 46.7 Å². The molecule has 33 heavy (non-hydrogen) atoms. The molecule has 8 heteroatoms. The molecule has 0 radical (unpaired) electrons. The molecule has 1 aliphatic rings. The topological polar surface area (TPSA) is 84.6 Å². The lowest BCUT2D eigenvalue weighted by Crippen LogP contribution is -2.32. The Bertz CT molecular complexity index is 1120. The Kier molecular flexibility index (Phi) is 6.62. The van der Waals surface area contributed by atoms with Gasteiger partial charge in [0, 0.05) is 32.4 Å². The Hall–Kier alpha value is -3.42. The summed E-state index contributed by atoms with van der Waals surface area (Å²) in [4.78, 5) is 26.5. The molecule has 0 N–H and O–H groups in total. The number of carbonyl (C=O) groups excluding carboxylic acids is 1. The molecule has 1 aliphatic heterocycles. The lowest BCUT2D eigenvalue weighted by atomic mass is 10.0. The number of nitrogens with zero attached hydrogens (tertiary/aromatic N) is 5. The van der Waals surface area contributed by atoms with Crippen LogP contribution < -0.4 is 9.64 Å². The summed E-state index contributed by atoms with van der Waals surface area (Å²) < 4.78 is 11.2. The zero-order chi connectivity index (χ0) is 23.5. The van der Waals surface area contributed by atoms with Gasteiger partial charge in [0.15, 0.2) is 5.76 Å². The number of benzene rings is 1. The minimum atomic E-state index is -0.137. The van der Waals surface area contributed by atoms with E-state index < -0.39 is 0 Å². The van der Waals surface area contributed by atoms with Crippen LogP contribution in [0.2, 0.25) is 0 Å². The van der Waals surface area contributed by atoms with E-state index in [-0.39, 0.29) is 11.9 Å². The molecule has 2 aromatic heterocycles. The van der Waals surface area contributed by atoms with Crippen molar-refractivity contribution in [2.45, 2.75) is 46.1 Å². The quantitative estimate of drug-likeness (QED) is 0.536. The van der Waals surface area contributed by atoms with Gasteiger partial charge in [-0.1, -0.05) is 17.3 Å². The first kappa shape index (κ1) is 22.8. The van der Waals surface area contributed by atoms with Crippen LogP contribution in [0.5, 0.6) is 5.75 Å². The van der Waals surface area contributed by atoms with Crippen molar-refractivity contribution in [1.82, 2.24) is 20.0 Å². The van der Waals surface area contributed by atoms with Gasteiger partial charge in [-0.2, -0.15) is 0 Å². The second-order valence-electron chi connectivity index (χ2n) is 8.58. The first-order chi connectivity index (χ1) is 15.9. The van der Waals surface area contributed by atoms with Gasteiger partial charge in [-0.05, 0) is 51.3 Å². The summed E-state index contributed by atoms with van der Waals surface area (Å²) in [5.74, 6) is 2.17. The number of ether oxygens (including phenoxy) is 1. The van der Waals surface area contributed by atoms with Gasteiger partial charge in [0.05, 0.1) is 36.0 Å². The van der Waals surface area contributed by atoms with Gasteiger partial charge in [-0.15, -0.1) is 0 Å². The number of likely N-dealkylation sites (tertiary alicyclic amines) is 1. The number of hydrogen-bond acceptors (Lipinski definition) is 7. The van der Waals surface area contributed by atoms with Gasteiger partial charge in [0.25, 0.3) is 0 Å². The summed E-state index contributed by atoms with van der Waals surface area (Å²) >= 11 is 0. The van der Waals surface area contributed by atoms with Crippen LogP contribution in [0.3, 0.4) is 0 Å². The Morgan fingerprint density at radius 1 is 1.24 bits per heavy atom. The molecular formula is C25H31N5O3. The highest BCUT2D eigenvalue weighted by atomic mass is 16.5. The molecule has 1 amide bonds. The standard InChI is InChI=1S/C25H31N5O3/c1-6-32-19-11-9-18(10-12-19)14-22(31)30-13-7-8-21(30)23-20(15-26-25(27-23)29(4)5)24-16(2)17(3)28-33-24/h9-12,15,21H,6-8,13-14H2,1-5H3/t21-/m0/s1. The molecule has 4 rings (SSSR count). The summed E-state index contributed by atoms with van der Waals surface area (Å²) in [5, 5.41) is 4.12. The molecular weight excluding hydrogens is 418 g/mol. The maximum atomic E-state index is 13.4. The molecule has 8 nitrogen and oxygen atoms in total. The molecule has 1 aromatic carbocycles. The van der Waals surface area contributed by atoms with Gasteiger partial charge in [0.2, 0.25) is 11.9 Å². The maximum absolute atomic E-state index is 13.4. The predicted octanol–water partition coefficient (Wildman–Crippen LogP) is 4.12. The number of hydrogen-bond donors (Lipinski definition) is 0. The third-order valence-corrected chi connectivity index (χ3v) is 6.09. The fourth-order valence-electron chi connectivity index (χ4n) is 4.19. The second kappa shape index (κ2) is 9.60. The zero-order valence-corrected chi connectivity index (χ0v) is 20.0. The molecule has 0 aliphatic carbocycles. The number of carbonyl (C=O) groups is 1. The number of amides is 1. The first-order valence-electron chi connectivity index (χ1n) is 11.4. The van der Waals surface area contributed by atoms with Crippen molar-refractivity contribution in [3.8, 4) is 17.1 Å².